The van der Waals surface area contributed by atoms with Gasteiger partial charge in [0.15, 0.2) is 5.60 Å². The molecule has 0 fully saturated rings. The fraction of sp³-hybridized carbons (Fsp3) is 0.182. The average molecular weight is 376 g/mol. The number of rotatable bonds is 6. The molecule has 0 saturated heterocycles. The predicted octanol–water partition coefficient (Wildman–Crippen LogP) is 3.57. The number of nitrogens with one attached hydrogen (secondary N) is 2. The molecule has 1 heterocycles. The van der Waals surface area contributed by atoms with Crippen molar-refractivity contribution in [1.29, 1.82) is 0 Å². The number of anilines is 1. The molecule has 142 valence electrons. The van der Waals surface area contributed by atoms with E-state index in [1.807, 2.05) is 12.1 Å². The molecule has 1 aromatic heterocycles. The smallest absolute Gasteiger partial charge is 0.347 e. The SMILES string of the molecule is C#Cc1cccc(NC(=O)Cc2cc3ccc(OC(C)(C)C(=O)O)cc3[nH]2)c1. The van der Waals surface area contributed by atoms with Crippen LogP contribution < -0.4 is 10.1 Å². The minimum Gasteiger partial charge on any atom is -0.478 e. The summed E-state index contributed by atoms with van der Waals surface area (Å²) < 4.78 is 5.55. The van der Waals surface area contributed by atoms with Crippen molar-refractivity contribution in [3.8, 4) is 18.1 Å². The second kappa shape index (κ2) is 7.49. The third-order valence-electron chi connectivity index (χ3n) is 4.20. The third-order valence-corrected chi connectivity index (χ3v) is 4.20. The number of amides is 1. The number of ether oxygens (including phenoxy) is 1. The predicted molar refractivity (Wildman–Crippen MR) is 107 cm³/mol. The summed E-state index contributed by atoms with van der Waals surface area (Å²) in [4.78, 5) is 26.7. The lowest BCUT2D eigenvalue weighted by molar-refractivity contribution is -0.152. The zero-order chi connectivity index (χ0) is 20.3. The van der Waals surface area contributed by atoms with Crippen molar-refractivity contribution in [2.24, 2.45) is 0 Å². The summed E-state index contributed by atoms with van der Waals surface area (Å²) in [5.74, 6) is 1.74. The van der Waals surface area contributed by atoms with Gasteiger partial charge >= 0.3 is 5.97 Å². The van der Waals surface area contributed by atoms with E-state index >= 15 is 0 Å². The van der Waals surface area contributed by atoms with Crippen molar-refractivity contribution >= 4 is 28.5 Å². The van der Waals surface area contributed by atoms with Crippen LogP contribution in [0.1, 0.15) is 25.1 Å². The van der Waals surface area contributed by atoms with Gasteiger partial charge in [0.1, 0.15) is 5.75 Å². The molecule has 0 atom stereocenters. The van der Waals surface area contributed by atoms with Crippen LogP contribution in [0.15, 0.2) is 48.5 Å². The molecule has 0 aliphatic carbocycles. The van der Waals surface area contributed by atoms with Crippen LogP contribution in [0.3, 0.4) is 0 Å². The topological polar surface area (TPSA) is 91.4 Å². The highest BCUT2D eigenvalue weighted by Crippen LogP contribution is 2.25. The number of fused-ring (bicyclic) bond motifs is 1. The fourth-order valence-corrected chi connectivity index (χ4v) is 2.73. The maximum Gasteiger partial charge on any atom is 0.347 e. The number of benzene rings is 2. The van der Waals surface area contributed by atoms with Crippen molar-refractivity contribution in [1.82, 2.24) is 4.98 Å². The first kappa shape index (κ1) is 19.1. The first-order chi connectivity index (χ1) is 13.3. The lowest BCUT2D eigenvalue weighted by Gasteiger charge is -2.21. The van der Waals surface area contributed by atoms with Gasteiger partial charge in [-0.3, -0.25) is 4.79 Å². The van der Waals surface area contributed by atoms with E-state index in [2.05, 4.69) is 16.2 Å². The molecule has 0 aliphatic rings. The van der Waals surface area contributed by atoms with Gasteiger partial charge in [-0.15, -0.1) is 6.42 Å². The Morgan fingerprint density at radius 2 is 2.00 bits per heavy atom. The van der Waals surface area contributed by atoms with Crippen LogP contribution in [0, 0.1) is 12.3 Å². The minimum absolute atomic E-state index is 0.159. The number of carboxylic acid groups (broad SMARTS) is 1. The van der Waals surface area contributed by atoms with Gasteiger partial charge in [0.2, 0.25) is 5.91 Å². The number of hydrogen-bond donors (Lipinski definition) is 3. The minimum atomic E-state index is -1.34. The van der Waals surface area contributed by atoms with E-state index in [0.29, 0.717) is 17.0 Å². The summed E-state index contributed by atoms with van der Waals surface area (Å²) in [6.07, 6.45) is 5.53. The van der Waals surface area contributed by atoms with Gasteiger partial charge in [0, 0.05) is 28.5 Å². The van der Waals surface area contributed by atoms with Crippen LogP contribution in [-0.4, -0.2) is 27.6 Å². The van der Waals surface area contributed by atoms with Gasteiger partial charge in [-0.2, -0.15) is 0 Å². The Kier molecular flexibility index (Phi) is 5.10. The Balaban J connectivity index is 1.72. The molecule has 0 radical (unpaired) electrons. The summed E-state index contributed by atoms with van der Waals surface area (Å²) in [5, 5.41) is 12.9. The number of carbonyl (C=O) groups is 2. The molecule has 28 heavy (non-hydrogen) atoms. The Morgan fingerprint density at radius 1 is 1.21 bits per heavy atom. The molecule has 3 aromatic rings. The Bertz CT molecular complexity index is 1090. The zero-order valence-electron chi connectivity index (χ0n) is 15.6. The zero-order valence-corrected chi connectivity index (χ0v) is 15.6. The number of carbonyl (C=O) groups excluding carboxylic acids is 1. The van der Waals surface area contributed by atoms with Crippen LogP contribution in [0.4, 0.5) is 5.69 Å². The third kappa shape index (κ3) is 4.33. The standard InChI is InChI=1S/C22H20N2O4/c1-4-14-6-5-7-16(10-14)24-20(25)12-17-11-15-8-9-18(13-19(15)23-17)28-22(2,3)21(26)27/h1,5-11,13,23H,12H2,2-3H3,(H,24,25)(H,26,27). The van der Waals surface area contributed by atoms with E-state index in [1.54, 1.807) is 36.4 Å². The van der Waals surface area contributed by atoms with E-state index in [0.717, 1.165) is 16.6 Å². The lowest BCUT2D eigenvalue weighted by atomic mass is 10.1. The number of carboxylic acids is 1. The summed E-state index contributed by atoms with van der Waals surface area (Å²) in [6, 6.07) is 14.2. The van der Waals surface area contributed by atoms with Gasteiger partial charge in [-0.05, 0) is 55.6 Å². The largest absolute Gasteiger partial charge is 0.478 e. The molecule has 0 saturated carbocycles. The van der Waals surface area contributed by atoms with Gasteiger partial charge < -0.3 is 20.1 Å². The molecule has 6 nitrogen and oxygen atoms in total. The number of hydrogen-bond acceptors (Lipinski definition) is 3. The second-order valence-corrected chi connectivity index (χ2v) is 6.91. The Labute approximate surface area is 162 Å². The van der Waals surface area contributed by atoms with Crippen molar-refractivity contribution < 1.29 is 19.4 Å². The van der Waals surface area contributed by atoms with E-state index in [4.69, 9.17) is 11.2 Å². The van der Waals surface area contributed by atoms with Gasteiger partial charge in [0.25, 0.3) is 0 Å². The molecule has 0 spiro atoms. The fourth-order valence-electron chi connectivity index (χ4n) is 2.73. The second-order valence-electron chi connectivity index (χ2n) is 6.91. The van der Waals surface area contributed by atoms with Gasteiger partial charge in [0.05, 0.1) is 6.42 Å². The first-order valence-corrected chi connectivity index (χ1v) is 8.67. The van der Waals surface area contributed by atoms with E-state index < -0.39 is 11.6 Å². The van der Waals surface area contributed by atoms with Crippen molar-refractivity contribution in [2.45, 2.75) is 25.9 Å². The first-order valence-electron chi connectivity index (χ1n) is 8.67. The van der Waals surface area contributed by atoms with E-state index in [9.17, 15) is 14.7 Å². The number of terminal acetylenes is 1. The highest BCUT2D eigenvalue weighted by atomic mass is 16.5. The monoisotopic (exact) mass is 376 g/mol. The van der Waals surface area contributed by atoms with Crippen LogP contribution in [-0.2, 0) is 16.0 Å². The molecule has 3 N–H and O–H groups in total. The van der Waals surface area contributed by atoms with Gasteiger partial charge in [-0.1, -0.05) is 12.0 Å². The van der Waals surface area contributed by atoms with Crippen molar-refractivity contribution in [3.05, 3.63) is 59.8 Å². The summed E-state index contributed by atoms with van der Waals surface area (Å²) in [7, 11) is 0. The Hall–Kier alpha value is -3.72. The van der Waals surface area contributed by atoms with E-state index in [1.165, 1.54) is 13.8 Å². The van der Waals surface area contributed by atoms with Crippen LogP contribution in [0.5, 0.6) is 5.75 Å². The molecular weight excluding hydrogens is 356 g/mol. The summed E-state index contributed by atoms with van der Waals surface area (Å²) in [5.41, 5.74) is 1.49. The molecule has 3 rings (SSSR count). The molecule has 1 amide bonds. The molecule has 2 aromatic carbocycles. The number of H-pyrrole nitrogens is 1. The number of aliphatic carboxylic acids is 1. The highest BCUT2D eigenvalue weighted by molar-refractivity contribution is 5.93. The van der Waals surface area contributed by atoms with Crippen LogP contribution >= 0.6 is 0 Å². The van der Waals surface area contributed by atoms with Gasteiger partial charge in [-0.25, -0.2) is 4.79 Å². The maximum atomic E-state index is 12.3. The number of aromatic amines is 1. The van der Waals surface area contributed by atoms with Crippen LogP contribution in [0.2, 0.25) is 0 Å². The average Bonchev–Trinajstić information content (AvgIpc) is 3.02. The molecule has 0 unspecified atom stereocenters. The van der Waals surface area contributed by atoms with E-state index in [-0.39, 0.29) is 12.3 Å². The molecule has 0 bridgehead atoms. The maximum absolute atomic E-state index is 12.3. The lowest BCUT2D eigenvalue weighted by Crippen LogP contribution is -2.37. The summed E-state index contributed by atoms with van der Waals surface area (Å²) >= 11 is 0. The molecular formula is C22H20N2O4. The Morgan fingerprint density at radius 3 is 2.71 bits per heavy atom. The summed E-state index contributed by atoms with van der Waals surface area (Å²) in [6.45, 7) is 2.97. The van der Waals surface area contributed by atoms with Crippen LogP contribution in [0.25, 0.3) is 10.9 Å². The normalized spacial score (nSPS) is 11.0. The quantitative estimate of drug-likeness (QED) is 0.574. The molecule has 0 aliphatic heterocycles. The van der Waals surface area contributed by atoms with Crippen molar-refractivity contribution in [2.75, 3.05) is 5.32 Å². The highest BCUT2D eigenvalue weighted by Gasteiger charge is 2.29. The van der Waals surface area contributed by atoms with Crippen molar-refractivity contribution in [3.63, 3.8) is 0 Å². The number of aromatic nitrogens is 1. The molecule has 6 heteroatoms.